The molecule has 1 amide bonds. The van der Waals surface area contributed by atoms with Gasteiger partial charge in [0.15, 0.2) is 0 Å². The number of halogens is 1. The van der Waals surface area contributed by atoms with Crippen molar-refractivity contribution in [2.24, 2.45) is 0 Å². The molecule has 2 aromatic rings. The van der Waals surface area contributed by atoms with E-state index in [0.717, 1.165) is 22.5 Å². The van der Waals surface area contributed by atoms with Crippen molar-refractivity contribution in [3.8, 4) is 0 Å². The van der Waals surface area contributed by atoms with Crippen LogP contribution in [0.2, 0.25) is 0 Å². The fraction of sp³-hybridized carbons (Fsp3) is 0.316. The number of morpholine rings is 1. The van der Waals surface area contributed by atoms with Crippen LogP contribution in [0.4, 0.5) is 10.1 Å². The Morgan fingerprint density at radius 3 is 2.35 bits per heavy atom. The second-order valence-corrected chi connectivity index (χ2v) is 11.0. The first kappa shape index (κ1) is 23.3. The van der Waals surface area contributed by atoms with Gasteiger partial charge in [0.25, 0.3) is 5.91 Å². The molecule has 0 saturated carbocycles. The van der Waals surface area contributed by atoms with Gasteiger partial charge < -0.3 is 10.1 Å². The predicted octanol–water partition coefficient (Wildman–Crippen LogP) is 1.35. The van der Waals surface area contributed by atoms with E-state index >= 15 is 0 Å². The Labute approximate surface area is 180 Å². The van der Waals surface area contributed by atoms with E-state index in [0.29, 0.717) is 0 Å². The fourth-order valence-electron chi connectivity index (χ4n) is 2.96. The van der Waals surface area contributed by atoms with Crippen LogP contribution in [0, 0.1) is 5.82 Å². The van der Waals surface area contributed by atoms with Crippen molar-refractivity contribution in [2.75, 3.05) is 45.7 Å². The molecule has 3 rings (SSSR count). The molecule has 1 aliphatic rings. The highest BCUT2D eigenvalue weighted by molar-refractivity contribution is 7.89. The predicted molar refractivity (Wildman–Crippen MR) is 111 cm³/mol. The Bertz CT molecular complexity index is 1190. The molecule has 1 saturated heterocycles. The Kier molecular flexibility index (Phi) is 6.76. The SMILES string of the molecule is CN(C)S(=O)(=O)c1ccccc1NC(=O)c1cc(S(=O)(=O)N2CCOCC2)ccc1F. The lowest BCUT2D eigenvalue weighted by Crippen LogP contribution is -2.40. The van der Waals surface area contributed by atoms with Crippen LogP contribution in [-0.4, -0.2) is 71.8 Å². The number of nitrogens with zero attached hydrogens (tertiary/aromatic N) is 2. The highest BCUT2D eigenvalue weighted by Crippen LogP contribution is 2.25. The van der Waals surface area contributed by atoms with Crippen molar-refractivity contribution in [1.82, 2.24) is 8.61 Å². The Morgan fingerprint density at radius 2 is 1.71 bits per heavy atom. The van der Waals surface area contributed by atoms with E-state index in [1.807, 2.05) is 0 Å². The summed E-state index contributed by atoms with van der Waals surface area (Å²) in [6.45, 7) is 0.782. The fourth-order valence-corrected chi connectivity index (χ4v) is 5.43. The van der Waals surface area contributed by atoms with E-state index in [1.54, 1.807) is 0 Å². The molecule has 0 spiro atoms. The maximum Gasteiger partial charge on any atom is 0.258 e. The number of ether oxygens (including phenoxy) is 1. The van der Waals surface area contributed by atoms with Gasteiger partial charge in [0.1, 0.15) is 10.7 Å². The number of nitrogens with one attached hydrogen (secondary N) is 1. The van der Waals surface area contributed by atoms with Gasteiger partial charge in [-0.15, -0.1) is 0 Å². The van der Waals surface area contributed by atoms with Crippen LogP contribution in [0.25, 0.3) is 0 Å². The van der Waals surface area contributed by atoms with Crippen molar-refractivity contribution < 1.29 is 30.8 Å². The number of benzene rings is 2. The average Bonchev–Trinajstić information content (AvgIpc) is 2.74. The molecule has 12 heteroatoms. The summed E-state index contributed by atoms with van der Waals surface area (Å²) in [4.78, 5) is 12.3. The van der Waals surface area contributed by atoms with Crippen LogP contribution in [0.5, 0.6) is 0 Å². The van der Waals surface area contributed by atoms with Gasteiger partial charge in [-0.25, -0.2) is 25.5 Å². The van der Waals surface area contributed by atoms with Crippen LogP contribution >= 0.6 is 0 Å². The smallest absolute Gasteiger partial charge is 0.258 e. The lowest BCUT2D eigenvalue weighted by atomic mass is 10.2. The zero-order chi connectivity index (χ0) is 22.8. The van der Waals surface area contributed by atoms with E-state index in [4.69, 9.17) is 4.74 Å². The van der Waals surface area contributed by atoms with Crippen LogP contribution in [0.3, 0.4) is 0 Å². The molecule has 1 heterocycles. The summed E-state index contributed by atoms with van der Waals surface area (Å²) in [5, 5.41) is 2.37. The first-order valence-electron chi connectivity index (χ1n) is 9.25. The third-order valence-corrected chi connectivity index (χ3v) is 8.45. The number of amides is 1. The molecule has 31 heavy (non-hydrogen) atoms. The molecule has 0 aliphatic carbocycles. The minimum absolute atomic E-state index is 0.0537. The average molecular weight is 472 g/mol. The van der Waals surface area contributed by atoms with Crippen molar-refractivity contribution in [2.45, 2.75) is 9.79 Å². The number of para-hydroxylation sites is 1. The summed E-state index contributed by atoms with van der Waals surface area (Å²) < 4.78 is 72.4. The summed E-state index contributed by atoms with van der Waals surface area (Å²) in [6.07, 6.45) is 0. The molecule has 1 fully saturated rings. The third kappa shape index (κ3) is 4.77. The molecular formula is C19H22FN3O6S2. The van der Waals surface area contributed by atoms with E-state index in [2.05, 4.69) is 5.32 Å². The number of hydrogen-bond donors (Lipinski definition) is 1. The highest BCUT2D eigenvalue weighted by Gasteiger charge is 2.28. The second kappa shape index (κ2) is 9.01. The summed E-state index contributed by atoms with van der Waals surface area (Å²) in [5.74, 6) is -1.91. The van der Waals surface area contributed by atoms with E-state index in [1.165, 1.54) is 42.7 Å². The standard InChI is InChI=1S/C19H22FN3O6S2/c1-22(2)31(27,28)18-6-4-3-5-17(18)21-19(24)15-13-14(7-8-16(15)20)30(25,26)23-9-11-29-12-10-23/h3-8,13H,9-12H2,1-2H3,(H,21,24). The number of rotatable bonds is 6. The normalized spacial score (nSPS) is 15.7. The highest BCUT2D eigenvalue weighted by atomic mass is 32.2. The largest absolute Gasteiger partial charge is 0.379 e. The summed E-state index contributed by atoms with van der Waals surface area (Å²) in [6, 6.07) is 8.59. The second-order valence-electron chi connectivity index (χ2n) is 6.90. The first-order valence-corrected chi connectivity index (χ1v) is 12.1. The van der Waals surface area contributed by atoms with Crippen LogP contribution in [0.1, 0.15) is 10.4 Å². The van der Waals surface area contributed by atoms with Gasteiger partial charge in [0.2, 0.25) is 20.0 Å². The lowest BCUT2D eigenvalue weighted by molar-refractivity contribution is 0.0730. The molecule has 0 aromatic heterocycles. The van der Waals surface area contributed by atoms with Crippen LogP contribution in [0.15, 0.2) is 52.3 Å². The monoisotopic (exact) mass is 471 g/mol. The summed E-state index contributed by atoms with van der Waals surface area (Å²) in [7, 11) is -5.15. The zero-order valence-electron chi connectivity index (χ0n) is 16.9. The number of carbonyl (C=O) groups excluding carboxylic acids is 1. The molecule has 0 radical (unpaired) electrons. The molecule has 1 N–H and O–H groups in total. The minimum Gasteiger partial charge on any atom is -0.379 e. The van der Waals surface area contributed by atoms with Crippen molar-refractivity contribution in [1.29, 1.82) is 0 Å². The molecule has 0 bridgehead atoms. The van der Waals surface area contributed by atoms with Gasteiger partial charge in [0, 0.05) is 27.2 Å². The van der Waals surface area contributed by atoms with Crippen molar-refractivity contribution >= 4 is 31.6 Å². The molecule has 9 nitrogen and oxygen atoms in total. The van der Waals surface area contributed by atoms with Gasteiger partial charge in [-0.1, -0.05) is 12.1 Å². The maximum absolute atomic E-state index is 14.4. The Balaban J connectivity index is 1.95. The van der Waals surface area contributed by atoms with E-state index < -0.39 is 37.3 Å². The van der Waals surface area contributed by atoms with Gasteiger partial charge in [-0.3, -0.25) is 4.79 Å². The Morgan fingerprint density at radius 1 is 1.06 bits per heavy atom. The molecular weight excluding hydrogens is 449 g/mol. The number of sulfonamides is 2. The van der Waals surface area contributed by atoms with Crippen molar-refractivity contribution in [3.05, 3.63) is 53.8 Å². The topological polar surface area (TPSA) is 113 Å². The van der Waals surface area contributed by atoms with Crippen molar-refractivity contribution in [3.63, 3.8) is 0 Å². The van der Waals surface area contributed by atoms with Gasteiger partial charge >= 0.3 is 0 Å². The van der Waals surface area contributed by atoms with Crippen LogP contribution < -0.4 is 5.32 Å². The van der Waals surface area contributed by atoms with Gasteiger partial charge in [0.05, 0.1) is 29.4 Å². The zero-order valence-corrected chi connectivity index (χ0v) is 18.5. The number of anilines is 1. The first-order chi connectivity index (χ1) is 14.5. The summed E-state index contributed by atoms with van der Waals surface area (Å²) in [5.41, 5.74) is -0.576. The molecule has 168 valence electrons. The van der Waals surface area contributed by atoms with Crippen LogP contribution in [-0.2, 0) is 24.8 Å². The van der Waals surface area contributed by atoms with Gasteiger partial charge in [-0.2, -0.15) is 4.31 Å². The Hall–Kier alpha value is -2.38. The molecule has 1 aliphatic heterocycles. The molecule has 0 atom stereocenters. The van der Waals surface area contributed by atoms with E-state index in [-0.39, 0.29) is 41.8 Å². The van der Waals surface area contributed by atoms with Gasteiger partial charge in [-0.05, 0) is 30.3 Å². The quantitative estimate of drug-likeness (QED) is 0.681. The number of hydrogen-bond acceptors (Lipinski definition) is 6. The number of carbonyl (C=O) groups is 1. The van der Waals surface area contributed by atoms with E-state index in [9.17, 15) is 26.0 Å². The third-order valence-electron chi connectivity index (χ3n) is 4.68. The summed E-state index contributed by atoms with van der Waals surface area (Å²) >= 11 is 0. The minimum atomic E-state index is -3.95. The maximum atomic E-state index is 14.4. The lowest BCUT2D eigenvalue weighted by Gasteiger charge is -2.26. The molecule has 0 unspecified atom stereocenters. The molecule has 2 aromatic carbocycles.